The van der Waals surface area contributed by atoms with Gasteiger partial charge in [-0.1, -0.05) is 397 Å². The fraction of sp³-hybridized carbons (Fsp3) is 0.714. The summed E-state index contributed by atoms with van der Waals surface area (Å²) in [6, 6.07) is 0. The van der Waals surface area contributed by atoms with Crippen molar-refractivity contribution in [2.24, 2.45) is 5.73 Å². The average Bonchev–Trinajstić information content (AvgIpc) is 1.01. The number of phosphoric acid groups is 1. The van der Waals surface area contributed by atoms with Crippen LogP contribution in [0.25, 0.3) is 0 Å². The number of hydrogen-bond acceptors (Lipinski definition) is 8. The quantitative estimate of drug-likeness (QED) is 0.0264. The minimum atomic E-state index is -4.41. The number of allylic oxidation sites excluding steroid dienone is 24. The standard InChI is InChI=1S/C91H158NO8P/c1-3-5-7-9-11-13-15-17-19-21-23-25-27-29-31-33-35-37-39-41-43-44-46-47-49-51-53-55-57-59-61-63-65-67-69-71-73-75-77-79-81-83-90(93)97-87-89(88-99-101(95,96)98-86-85-92)100-91(94)84-82-80-78-76-74-72-70-68-66-64-62-60-58-56-54-52-50-48-45-42-40-38-36-34-32-30-28-26-24-22-20-18-16-14-12-10-8-6-4-2/h6,8,12,14,18,20-21,23-24,26,30,32,36,38,42,45,50,52,56,58,62,64,68,70,89H,3-5,7,9-11,13,15-17,19,22,25,27-29,31,33-35,37,39-41,43-44,46-49,51,53-55,57,59-61,63,65-67,69,71-88,92H2,1-2H3,(H,95,96)/b8-6-,14-12-,20-18-,23-21-,26-24-,32-30-,38-36-,45-42-,52-50-,58-56-,64-62-,70-68-. The molecule has 0 saturated heterocycles. The van der Waals surface area contributed by atoms with Crippen LogP contribution in [0, 0.1) is 0 Å². The lowest BCUT2D eigenvalue weighted by Crippen LogP contribution is -2.29. The molecule has 0 heterocycles. The number of carbonyl (C=O) groups excluding carboxylic acids is 2. The second-order valence-corrected chi connectivity index (χ2v) is 29.4. The number of hydrogen-bond donors (Lipinski definition) is 2. The van der Waals surface area contributed by atoms with Crippen molar-refractivity contribution < 1.29 is 37.6 Å². The van der Waals surface area contributed by atoms with E-state index < -0.39 is 26.5 Å². The van der Waals surface area contributed by atoms with Crippen molar-refractivity contribution in [3.8, 4) is 0 Å². The summed E-state index contributed by atoms with van der Waals surface area (Å²) in [5.41, 5.74) is 5.42. The number of esters is 2. The Balaban J connectivity index is 3.85. The molecule has 0 aliphatic carbocycles. The third-order valence-corrected chi connectivity index (χ3v) is 19.2. The molecule has 0 aliphatic rings. The summed E-state index contributed by atoms with van der Waals surface area (Å²) in [7, 11) is -4.41. The van der Waals surface area contributed by atoms with Gasteiger partial charge >= 0.3 is 19.8 Å². The topological polar surface area (TPSA) is 134 Å². The number of phosphoric ester groups is 1. The van der Waals surface area contributed by atoms with Crippen molar-refractivity contribution in [2.75, 3.05) is 26.4 Å². The van der Waals surface area contributed by atoms with Crippen molar-refractivity contribution in [3.63, 3.8) is 0 Å². The van der Waals surface area contributed by atoms with Crippen LogP contribution in [0.15, 0.2) is 146 Å². The Kier molecular flexibility index (Phi) is 81.4. The molecule has 3 N–H and O–H groups in total. The number of rotatable bonds is 79. The predicted octanol–water partition coefficient (Wildman–Crippen LogP) is 28.9. The van der Waals surface area contributed by atoms with Crippen LogP contribution in [-0.2, 0) is 32.7 Å². The molecule has 0 radical (unpaired) electrons. The molecule has 0 aromatic rings. The van der Waals surface area contributed by atoms with Gasteiger partial charge in [-0.25, -0.2) is 4.57 Å². The fourth-order valence-electron chi connectivity index (χ4n) is 12.0. The van der Waals surface area contributed by atoms with Gasteiger partial charge in [0.1, 0.15) is 6.61 Å². The first-order valence-corrected chi connectivity index (χ1v) is 43.8. The van der Waals surface area contributed by atoms with Gasteiger partial charge in [-0.05, 0) is 122 Å². The maximum Gasteiger partial charge on any atom is 0.472 e. The number of unbranched alkanes of at least 4 members (excludes halogenated alkanes) is 42. The van der Waals surface area contributed by atoms with E-state index in [1.165, 1.54) is 231 Å². The summed E-state index contributed by atoms with van der Waals surface area (Å²) in [6.45, 7) is 3.64. The molecule has 580 valence electrons. The Morgan fingerprint density at radius 1 is 0.307 bits per heavy atom. The van der Waals surface area contributed by atoms with E-state index in [1.54, 1.807) is 0 Å². The number of nitrogens with two attached hydrogens (primary N) is 1. The van der Waals surface area contributed by atoms with Crippen LogP contribution in [0.3, 0.4) is 0 Å². The van der Waals surface area contributed by atoms with Gasteiger partial charge in [0, 0.05) is 19.4 Å². The highest BCUT2D eigenvalue weighted by atomic mass is 31.2. The molecule has 0 aromatic heterocycles. The average molecular weight is 1430 g/mol. The molecule has 0 rings (SSSR count). The highest BCUT2D eigenvalue weighted by Crippen LogP contribution is 2.43. The molecule has 0 saturated carbocycles. The normalized spacial score (nSPS) is 13.6. The molecule has 0 spiro atoms. The monoisotopic (exact) mass is 1420 g/mol. The van der Waals surface area contributed by atoms with E-state index in [0.29, 0.717) is 6.42 Å². The van der Waals surface area contributed by atoms with Crippen LogP contribution in [-0.4, -0.2) is 49.3 Å². The van der Waals surface area contributed by atoms with Gasteiger partial charge in [-0.2, -0.15) is 0 Å². The van der Waals surface area contributed by atoms with Crippen LogP contribution < -0.4 is 5.73 Å². The lowest BCUT2D eigenvalue weighted by atomic mass is 10.0. The zero-order valence-electron chi connectivity index (χ0n) is 65.6. The first-order valence-electron chi connectivity index (χ1n) is 42.3. The highest BCUT2D eigenvalue weighted by molar-refractivity contribution is 7.47. The molecule has 0 amide bonds. The Morgan fingerprint density at radius 2 is 0.545 bits per heavy atom. The smallest absolute Gasteiger partial charge is 0.462 e. The minimum absolute atomic E-state index is 0.0445. The van der Waals surface area contributed by atoms with E-state index in [2.05, 4.69) is 160 Å². The van der Waals surface area contributed by atoms with Crippen LogP contribution in [0.1, 0.15) is 386 Å². The number of ether oxygens (including phenoxy) is 2. The van der Waals surface area contributed by atoms with E-state index >= 15 is 0 Å². The summed E-state index contributed by atoms with van der Waals surface area (Å²) in [4.78, 5) is 35.5. The molecule has 2 unspecified atom stereocenters. The zero-order chi connectivity index (χ0) is 72.9. The van der Waals surface area contributed by atoms with E-state index in [-0.39, 0.29) is 38.6 Å². The van der Waals surface area contributed by atoms with E-state index in [0.717, 1.165) is 122 Å². The SMILES string of the molecule is CC/C=C\C/C=C\C/C=C\C/C=C\C/C=C\C/C=C\C/C=C\C/C=C\C/C=C\C/C=C\C/C=C\CCCCCCCC(=O)OC(COC(=O)CCCCCCCCCCCCCCCCCCCCCCCCCCCCCCC/C=C\CCCCCCCCCC)COP(=O)(O)OCCN. The first kappa shape index (κ1) is 96.9. The third-order valence-electron chi connectivity index (χ3n) is 18.2. The molecule has 10 heteroatoms. The van der Waals surface area contributed by atoms with Gasteiger partial charge in [0.25, 0.3) is 0 Å². The Bertz CT molecular complexity index is 2180. The summed E-state index contributed by atoms with van der Waals surface area (Å²) in [5, 5.41) is 0. The molecule has 0 bridgehead atoms. The van der Waals surface area contributed by atoms with Gasteiger partial charge in [0.2, 0.25) is 0 Å². The fourth-order valence-corrected chi connectivity index (χ4v) is 12.8. The minimum Gasteiger partial charge on any atom is -0.462 e. The summed E-state index contributed by atoms with van der Waals surface area (Å²) >= 11 is 0. The molecular weight excluding hydrogens is 1270 g/mol. The van der Waals surface area contributed by atoms with Crippen molar-refractivity contribution in [2.45, 2.75) is 392 Å². The predicted molar refractivity (Wildman–Crippen MR) is 440 cm³/mol. The molecule has 0 aliphatic heterocycles. The second kappa shape index (κ2) is 84.8. The van der Waals surface area contributed by atoms with E-state index in [9.17, 15) is 19.0 Å². The van der Waals surface area contributed by atoms with Gasteiger partial charge in [-0.3, -0.25) is 18.6 Å². The van der Waals surface area contributed by atoms with Crippen LogP contribution >= 0.6 is 7.82 Å². The van der Waals surface area contributed by atoms with Crippen molar-refractivity contribution in [1.82, 2.24) is 0 Å². The van der Waals surface area contributed by atoms with Crippen LogP contribution in [0.5, 0.6) is 0 Å². The molecular formula is C91H158NO8P. The molecule has 2 atom stereocenters. The first-order chi connectivity index (χ1) is 49.8. The molecule has 9 nitrogen and oxygen atoms in total. The second-order valence-electron chi connectivity index (χ2n) is 28.0. The van der Waals surface area contributed by atoms with Crippen LogP contribution in [0.2, 0.25) is 0 Å². The largest absolute Gasteiger partial charge is 0.472 e. The maximum atomic E-state index is 12.8. The van der Waals surface area contributed by atoms with Gasteiger partial charge in [0.05, 0.1) is 13.2 Å². The molecule has 101 heavy (non-hydrogen) atoms. The summed E-state index contributed by atoms with van der Waals surface area (Å²) < 4.78 is 33.3. The van der Waals surface area contributed by atoms with Crippen molar-refractivity contribution >= 4 is 19.8 Å². The Morgan fingerprint density at radius 3 is 0.822 bits per heavy atom. The number of carbonyl (C=O) groups is 2. The maximum absolute atomic E-state index is 12.8. The summed E-state index contributed by atoms with van der Waals surface area (Å²) in [6.07, 6.45) is 123. The molecule has 0 aromatic carbocycles. The zero-order valence-corrected chi connectivity index (χ0v) is 66.5. The molecule has 0 fully saturated rings. The Labute approximate surface area is 624 Å². The van der Waals surface area contributed by atoms with Crippen molar-refractivity contribution in [1.29, 1.82) is 0 Å². The lowest BCUT2D eigenvalue weighted by molar-refractivity contribution is -0.161. The Hall–Kier alpha value is -4.11. The lowest BCUT2D eigenvalue weighted by Gasteiger charge is -2.19. The van der Waals surface area contributed by atoms with E-state index in [1.807, 2.05) is 0 Å². The summed E-state index contributed by atoms with van der Waals surface area (Å²) in [5.74, 6) is -0.844. The van der Waals surface area contributed by atoms with Gasteiger partial charge in [0.15, 0.2) is 6.10 Å². The van der Waals surface area contributed by atoms with Crippen LogP contribution in [0.4, 0.5) is 0 Å². The van der Waals surface area contributed by atoms with E-state index in [4.69, 9.17) is 24.3 Å². The van der Waals surface area contributed by atoms with Crippen molar-refractivity contribution in [3.05, 3.63) is 146 Å². The highest BCUT2D eigenvalue weighted by Gasteiger charge is 2.26. The van der Waals surface area contributed by atoms with Gasteiger partial charge in [-0.15, -0.1) is 0 Å². The van der Waals surface area contributed by atoms with Gasteiger partial charge < -0.3 is 20.1 Å². The third kappa shape index (κ3) is 84.7.